The second-order valence-corrected chi connectivity index (χ2v) is 3.52. The molecule has 2 aromatic rings. The fourth-order valence-corrected chi connectivity index (χ4v) is 1.60. The van der Waals surface area contributed by atoms with Crippen LogP contribution in [0.5, 0.6) is 0 Å². The molecular weight excluding hydrogens is 172 g/mol. The second kappa shape index (κ2) is 3.58. The molecular formula is C12H14N2. The Labute approximate surface area is 83.9 Å². The highest BCUT2D eigenvalue weighted by Gasteiger charge is 2.03. The van der Waals surface area contributed by atoms with Crippen LogP contribution in [-0.2, 0) is 6.42 Å². The number of benzene rings is 1. The Kier molecular flexibility index (Phi) is 2.27. The molecule has 1 aromatic carbocycles. The fourth-order valence-electron chi connectivity index (χ4n) is 1.60. The second-order valence-electron chi connectivity index (χ2n) is 3.52. The molecule has 0 aliphatic rings. The molecule has 0 spiro atoms. The zero-order valence-corrected chi connectivity index (χ0v) is 8.27. The van der Waals surface area contributed by atoms with Gasteiger partial charge in [0.25, 0.3) is 0 Å². The standard InChI is InChI=1S/C12H14N2/c1-10-7-8-14(13)12(10)9-11-5-3-2-4-6-11/h2-8H,9,13H2,1H3. The maximum absolute atomic E-state index is 5.81. The van der Waals surface area contributed by atoms with E-state index in [-0.39, 0.29) is 0 Å². The lowest BCUT2D eigenvalue weighted by atomic mass is 10.1. The number of rotatable bonds is 2. The molecule has 2 nitrogen and oxygen atoms in total. The minimum Gasteiger partial charge on any atom is -0.339 e. The topological polar surface area (TPSA) is 30.9 Å². The van der Waals surface area contributed by atoms with Crippen LogP contribution in [0.15, 0.2) is 42.6 Å². The van der Waals surface area contributed by atoms with Crippen molar-refractivity contribution in [1.29, 1.82) is 0 Å². The molecule has 2 heteroatoms. The first-order chi connectivity index (χ1) is 6.77. The van der Waals surface area contributed by atoms with E-state index < -0.39 is 0 Å². The lowest BCUT2D eigenvalue weighted by molar-refractivity contribution is 0.907. The van der Waals surface area contributed by atoms with Crippen molar-refractivity contribution in [3.05, 3.63) is 59.4 Å². The number of nitrogens with two attached hydrogens (primary N) is 1. The summed E-state index contributed by atoms with van der Waals surface area (Å²) < 4.78 is 1.70. The van der Waals surface area contributed by atoms with Crippen molar-refractivity contribution in [3.8, 4) is 0 Å². The maximum Gasteiger partial charge on any atom is 0.0464 e. The zero-order valence-electron chi connectivity index (χ0n) is 8.27. The summed E-state index contributed by atoms with van der Waals surface area (Å²) in [7, 11) is 0. The molecule has 0 aliphatic heterocycles. The first-order valence-electron chi connectivity index (χ1n) is 4.73. The molecule has 0 bridgehead atoms. The molecule has 1 aromatic heterocycles. The molecule has 0 saturated heterocycles. The molecule has 0 atom stereocenters. The average Bonchev–Trinajstić information content (AvgIpc) is 2.51. The number of aryl methyl sites for hydroxylation is 1. The summed E-state index contributed by atoms with van der Waals surface area (Å²) in [6.45, 7) is 2.08. The Morgan fingerprint density at radius 3 is 2.43 bits per heavy atom. The van der Waals surface area contributed by atoms with Gasteiger partial charge in [-0.1, -0.05) is 30.3 Å². The third-order valence-electron chi connectivity index (χ3n) is 2.47. The summed E-state index contributed by atoms with van der Waals surface area (Å²) in [5.41, 5.74) is 3.72. The summed E-state index contributed by atoms with van der Waals surface area (Å²) >= 11 is 0. The average molecular weight is 186 g/mol. The van der Waals surface area contributed by atoms with Gasteiger partial charge in [0.05, 0.1) is 0 Å². The normalized spacial score (nSPS) is 10.4. The van der Waals surface area contributed by atoms with Gasteiger partial charge < -0.3 is 5.84 Å². The maximum atomic E-state index is 5.81. The van der Waals surface area contributed by atoms with Crippen LogP contribution in [0.1, 0.15) is 16.8 Å². The molecule has 0 saturated carbocycles. The molecule has 2 rings (SSSR count). The van der Waals surface area contributed by atoms with Crippen molar-refractivity contribution in [1.82, 2.24) is 4.68 Å². The van der Waals surface area contributed by atoms with Crippen LogP contribution < -0.4 is 5.84 Å². The van der Waals surface area contributed by atoms with Crippen LogP contribution in [0.3, 0.4) is 0 Å². The van der Waals surface area contributed by atoms with Crippen LogP contribution in [0.25, 0.3) is 0 Å². The summed E-state index contributed by atoms with van der Waals surface area (Å²) in [6, 6.07) is 12.4. The molecule has 72 valence electrons. The van der Waals surface area contributed by atoms with Crippen LogP contribution in [0.4, 0.5) is 0 Å². The molecule has 2 N–H and O–H groups in total. The van der Waals surface area contributed by atoms with E-state index in [0.29, 0.717) is 0 Å². The van der Waals surface area contributed by atoms with Gasteiger partial charge in [0.1, 0.15) is 0 Å². The molecule has 0 aliphatic carbocycles. The number of nitrogens with zero attached hydrogens (tertiary/aromatic N) is 1. The van der Waals surface area contributed by atoms with Gasteiger partial charge in [-0.05, 0) is 24.1 Å². The molecule has 0 amide bonds. The minimum atomic E-state index is 0.899. The Balaban J connectivity index is 2.27. The van der Waals surface area contributed by atoms with E-state index in [2.05, 4.69) is 31.2 Å². The Hall–Kier alpha value is -1.70. The predicted octanol–water partition coefficient (Wildman–Crippen LogP) is 2.10. The quantitative estimate of drug-likeness (QED) is 0.715. The third kappa shape index (κ3) is 1.64. The minimum absolute atomic E-state index is 0.899. The summed E-state index contributed by atoms with van der Waals surface area (Å²) in [4.78, 5) is 0. The van der Waals surface area contributed by atoms with Crippen LogP contribution in [0, 0.1) is 6.92 Å². The highest BCUT2D eigenvalue weighted by atomic mass is 15.3. The third-order valence-corrected chi connectivity index (χ3v) is 2.47. The van der Waals surface area contributed by atoms with Crippen LogP contribution in [0.2, 0.25) is 0 Å². The molecule has 0 fully saturated rings. The van der Waals surface area contributed by atoms with Gasteiger partial charge in [0.15, 0.2) is 0 Å². The van der Waals surface area contributed by atoms with Crippen molar-refractivity contribution >= 4 is 0 Å². The van der Waals surface area contributed by atoms with Crippen molar-refractivity contribution < 1.29 is 0 Å². The van der Waals surface area contributed by atoms with Crippen molar-refractivity contribution in [2.24, 2.45) is 0 Å². The van der Waals surface area contributed by atoms with E-state index in [4.69, 9.17) is 5.84 Å². The highest BCUT2D eigenvalue weighted by Crippen LogP contribution is 2.12. The molecule has 0 radical (unpaired) electrons. The largest absolute Gasteiger partial charge is 0.339 e. The highest BCUT2D eigenvalue weighted by molar-refractivity contribution is 5.28. The van der Waals surface area contributed by atoms with Gasteiger partial charge in [0, 0.05) is 18.3 Å². The van der Waals surface area contributed by atoms with Crippen LogP contribution >= 0.6 is 0 Å². The van der Waals surface area contributed by atoms with Crippen molar-refractivity contribution in [2.45, 2.75) is 13.3 Å². The van der Waals surface area contributed by atoms with Gasteiger partial charge in [-0.25, -0.2) is 0 Å². The molecule has 0 unspecified atom stereocenters. The first kappa shape index (κ1) is 8.88. The number of nitrogen functional groups attached to an aromatic ring is 1. The summed E-state index contributed by atoms with van der Waals surface area (Å²) in [6.07, 6.45) is 2.80. The first-order valence-corrected chi connectivity index (χ1v) is 4.73. The van der Waals surface area contributed by atoms with Gasteiger partial charge in [-0.15, -0.1) is 0 Å². The lowest BCUT2D eigenvalue weighted by Crippen LogP contribution is -2.11. The van der Waals surface area contributed by atoms with E-state index >= 15 is 0 Å². The van der Waals surface area contributed by atoms with Gasteiger partial charge in [-0.2, -0.15) is 0 Å². The molecule has 14 heavy (non-hydrogen) atoms. The van der Waals surface area contributed by atoms with E-state index in [0.717, 1.165) is 6.42 Å². The lowest BCUT2D eigenvalue weighted by Gasteiger charge is -2.04. The monoisotopic (exact) mass is 186 g/mol. The SMILES string of the molecule is Cc1ccn(N)c1Cc1ccccc1. The van der Waals surface area contributed by atoms with Crippen molar-refractivity contribution in [3.63, 3.8) is 0 Å². The Morgan fingerprint density at radius 1 is 1.14 bits per heavy atom. The zero-order chi connectivity index (χ0) is 9.97. The molecule has 1 heterocycles. The van der Waals surface area contributed by atoms with E-state index in [1.807, 2.05) is 18.3 Å². The summed E-state index contributed by atoms with van der Waals surface area (Å²) in [5.74, 6) is 5.81. The Morgan fingerprint density at radius 2 is 1.86 bits per heavy atom. The van der Waals surface area contributed by atoms with Crippen LogP contribution in [-0.4, -0.2) is 4.68 Å². The fraction of sp³-hybridized carbons (Fsp3) is 0.167. The number of hydrogen-bond donors (Lipinski definition) is 1. The predicted molar refractivity (Wildman–Crippen MR) is 58.6 cm³/mol. The van der Waals surface area contributed by atoms with Gasteiger partial charge in [-0.3, -0.25) is 4.68 Å². The summed E-state index contributed by atoms with van der Waals surface area (Å²) in [5, 5.41) is 0. The van der Waals surface area contributed by atoms with Gasteiger partial charge in [0.2, 0.25) is 0 Å². The van der Waals surface area contributed by atoms with E-state index in [1.54, 1.807) is 4.68 Å². The van der Waals surface area contributed by atoms with E-state index in [1.165, 1.54) is 16.8 Å². The smallest absolute Gasteiger partial charge is 0.0464 e. The van der Waals surface area contributed by atoms with E-state index in [9.17, 15) is 0 Å². The number of aromatic nitrogens is 1. The number of hydrogen-bond acceptors (Lipinski definition) is 1. The Bertz CT molecular complexity index is 396. The van der Waals surface area contributed by atoms with Crippen molar-refractivity contribution in [2.75, 3.05) is 5.84 Å². The van der Waals surface area contributed by atoms with Gasteiger partial charge >= 0.3 is 0 Å².